The molecule has 0 bridgehead atoms. The van der Waals surface area contributed by atoms with Crippen molar-refractivity contribution in [2.75, 3.05) is 5.75 Å². The molecule has 4 rings (SSSR count). The Morgan fingerprint density at radius 3 is 2.83 bits per heavy atom. The number of hydrogen-bond acceptors (Lipinski definition) is 6. The molecule has 1 atom stereocenters. The van der Waals surface area contributed by atoms with E-state index in [1.807, 2.05) is 30.3 Å². The number of fused-ring (bicyclic) bond motifs is 3. The summed E-state index contributed by atoms with van der Waals surface area (Å²) in [5.41, 5.74) is 7.34. The summed E-state index contributed by atoms with van der Waals surface area (Å²) in [7, 11) is 0. The number of aromatic nitrogens is 2. The average molecular weight is 430 g/mol. The van der Waals surface area contributed by atoms with Gasteiger partial charge in [0.25, 0.3) is 5.56 Å². The number of hydrogen-bond donors (Lipinski definition) is 1. The lowest BCUT2D eigenvalue weighted by Gasteiger charge is -2.26. The van der Waals surface area contributed by atoms with Crippen LogP contribution in [-0.2, 0) is 29.1 Å². The molecule has 3 heterocycles. The van der Waals surface area contributed by atoms with Gasteiger partial charge in [-0.25, -0.2) is 4.98 Å². The third-order valence-electron chi connectivity index (χ3n) is 5.06. The van der Waals surface area contributed by atoms with Crippen LogP contribution in [0.2, 0.25) is 0 Å². The fourth-order valence-electron chi connectivity index (χ4n) is 3.52. The quantitative estimate of drug-likeness (QED) is 0.480. The SMILES string of the molecule is CC(C)[C@@H]1Cc2c(sc3nc(SCC(N)=O)n(Cc4ccccc4)c(=O)c23)CO1. The summed E-state index contributed by atoms with van der Waals surface area (Å²) >= 11 is 2.72. The van der Waals surface area contributed by atoms with Gasteiger partial charge in [0.1, 0.15) is 4.83 Å². The predicted octanol–water partition coefficient (Wildman–Crippen LogP) is 3.18. The molecule has 0 aliphatic carbocycles. The van der Waals surface area contributed by atoms with Gasteiger partial charge in [0.2, 0.25) is 5.91 Å². The van der Waals surface area contributed by atoms with Gasteiger partial charge in [-0.15, -0.1) is 11.3 Å². The van der Waals surface area contributed by atoms with E-state index >= 15 is 0 Å². The number of ether oxygens (including phenoxy) is 1. The van der Waals surface area contributed by atoms with E-state index < -0.39 is 5.91 Å². The molecule has 29 heavy (non-hydrogen) atoms. The summed E-state index contributed by atoms with van der Waals surface area (Å²) in [5, 5.41) is 1.21. The molecule has 1 amide bonds. The highest BCUT2D eigenvalue weighted by Crippen LogP contribution is 2.35. The van der Waals surface area contributed by atoms with E-state index in [4.69, 9.17) is 15.5 Å². The number of thiophene rings is 1. The minimum Gasteiger partial charge on any atom is -0.372 e. The molecule has 1 aliphatic heterocycles. The van der Waals surface area contributed by atoms with Crippen LogP contribution in [0.4, 0.5) is 0 Å². The Labute approximate surface area is 177 Å². The van der Waals surface area contributed by atoms with Gasteiger partial charge >= 0.3 is 0 Å². The Bertz CT molecular complexity index is 1110. The Morgan fingerprint density at radius 1 is 1.38 bits per heavy atom. The summed E-state index contributed by atoms with van der Waals surface area (Å²) in [5.74, 6) is 0.0216. The van der Waals surface area contributed by atoms with Gasteiger partial charge in [-0.2, -0.15) is 0 Å². The molecular weight excluding hydrogens is 406 g/mol. The largest absolute Gasteiger partial charge is 0.372 e. The first-order valence-electron chi connectivity index (χ1n) is 9.55. The second-order valence-corrected chi connectivity index (χ2v) is 9.53. The minimum absolute atomic E-state index is 0.0623. The van der Waals surface area contributed by atoms with Crippen LogP contribution in [0.15, 0.2) is 40.3 Å². The molecule has 0 unspecified atom stereocenters. The summed E-state index contributed by atoms with van der Waals surface area (Å²) in [6, 6.07) is 9.78. The van der Waals surface area contributed by atoms with E-state index in [0.29, 0.717) is 34.4 Å². The lowest BCUT2D eigenvalue weighted by Crippen LogP contribution is -2.29. The molecule has 3 aromatic rings. The molecule has 0 spiro atoms. The van der Waals surface area contributed by atoms with Crippen molar-refractivity contribution >= 4 is 39.2 Å². The number of thioether (sulfide) groups is 1. The topological polar surface area (TPSA) is 87.2 Å². The Kier molecular flexibility index (Phi) is 5.76. The third-order valence-corrected chi connectivity index (χ3v) is 7.16. The normalized spacial score (nSPS) is 16.3. The van der Waals surface area contributed by atoms with Crippen LogP contribution in [0.3, 0.4) is 0 Å². The van der Waals surface area contributed by atoms with Crippen molar-refractivity contribution in [2.24, 2.45) is 11.7 Å². The van der Waals surface area contributed by atoms with Crippen LogP contribution in [0.1, 0.15) is 29.9 Å². The molecule has 6 nitrogen and oxygen atoms in total. The first kappa shape index (κ1) is 20.1. The zero-order valence-electron chi connectivity index (χ0n) is 16.4. The second-order valence-electron chi connectivity index (χ2n) is 7.51. The van der Waals surface area contributed by atoms with Gasteiger partial charge in [-0.1, -0.05) is 55.9 Å². The molecule has 0 radical (unpaired) electrons. The maximum Gasteiger partial charge on any atom is 0.263 e. The fraction of sp³-hybridized carbons (Fsp3) is 0.381. The number of nitrogens with two attached hydrogens (primary N) is 1. The van der Waals surface area contributed by atoms with Crippen molar-refractivity contribution in [1.29, 1.82) is 0 Å². The molecule has 2 aromatic heterocycles. The molecule has 1 aromatic carbocycles. The fourth-order valence-corrected chi connectivity index (χ4v) is 5.42. The predicted molar refractivity (Wildman–Crippen MR) is 116 cm³/mol. The van der Waals surface area contributed by atoms with Gasteiger partial charge in [-0.3, -0.25) is 14.2 Å². The molecule has 152 valence electrons. The van der Waals surface area contributed by atoms with Crippen molar-refractivity contribution in [3.8, 4) is 0 Å². The van der Waals surface area contributed by atoms with E-state index in [9.17, 15) is 9.59 Å². The molecule has 8 heteroatoms. The lowest BCUT2D eigenvalue weighted by atomic mass is 9.96. The zero-order valence-corrected chi connectivity index (χ0v) is 18.0. The van der Waals surface area contributed by atoms with E-state index in [0.717, 1.165) is 22.4 Å². The zero-order chi connectivity index (χ0) is 20.5. The van der Waals surface area contributed by atoms with Crippen molar-refractivity contribution in [2.45, 2.75) is 44.7 Å². The minimum atomic E-state index is -0.436. The summed E-state index contributed by atoms with van der Waals surface area (Å²) < 4.78 is 7.64. The van der Waals surface area contributed by atoms with Crippen molar-refractivity contribution in [1.82, 2.24) is 9.55 Å². The van der Waals surface area contributed by atoms with Gasteiger partial charge in [0.05, 0.1) is 30.4 Å². The Balaban J connectivity index is 1.84. The van der Waals surface area contributed by atoms with Crippen molar-refractivity contribution < 1.29 is 9.53 Å². The van der Waals surface area contributed by atoms with E-state index in [-0.39, 0.29) is 17.4 Å². The van der Waals surface area contributed by atoms with Gasteiger partial charge in [0, 0.05) is 11.3 Å². The van der Waals surface area contributed by atoms with Crippen LogP contribution in [0, 0.1) is 5.92 Å². The smallest absolute Gasteiger partial charge is 0.263 e. The van der Waals surface area contributed by atoms with Crippen molar-refractivity contribution in [3.63, 3.8) is 0 Å². The highest BCUT2D eigenvalue weighted by molar-refractivity contribution is 7.99. The average Bonchev–Trinajstić information content (AvgIpc) is 3.07. The van der Waals surface area contributed by atoms with Crippen molar-refractivity contribution in [3.05, 3.63) is 56.7 Å². The first-order chi connectivity index (χ1) is 13.9. The summed E-state index contributed by atoms with van der Waals surface area (Å²) in [6.07, 6.45) is 0.828. The van der Waals surface area contributed by atoms with E-state index in [2.05, 4.69) is 13.8 Å². The van der Waals surface area contributed by atoms with Crippen LogP contribution in [-0.4, -0.2) is 27.3 Å². The standard InChI is InChI=1S/C21H23N3O3S2/c1-12(2)15-8-14-16(10-27-15)29-19-18(14)20(26)24(9-13-6-4-3-5-7-13)21(23-19)28-11-17(22)25/h3-7,12,15H,8-11H2,1-2H3,(H2,22,25)/t15-/m0/s1. The highest BCUT2D eigenvalue weighted by atomic mass is 32.2. The lowest BCUT2D eigenvalue weighted by molar-refractivity contribution is -0.115. The van der Waals surface area contributed by atoms with E-state index in [1.165, 1.54) is 23.1 Å². The maximum atomic E-state index is 13.6. The van der Waals surface area contributed by atoms with Crippen LogP contribution in [0.25, 0.3) is 10.2 Å². The van der Waals surface area contributed by atoms with Gasteiger partial charge in [-0.05, 0) is 17.0 Å². The van der Waals surface area contributed by atoms with Crippen LogP contribution in [0.5, 0.6) is 0 Å². The first-order valence-corrected chi connectivity index (χ1v) is 11.4. The second kappa shape index (κ2) is 8.30. The van der Waals surface area contributed by atoms with E-state index in [1.54, 1.807) is 4.57 Å². The number of benzene rings is 1. The molecule has 0 fully saturated rings. The third kappa shape index (κ3) is 4.10. The number of amides is 1. The number of rotatable bonds is 6. The van der Waals surface area contributed by atoms with Gasteiger partial charge < -0.3 is 10.5 Å². The number of nitrogens with zero attached hydrogens (tertiary/aromatic N) is 2. The highest BCUT2D eigenvalue weighted by Gasteiger charge is 2.28. The number of carbonyl (C=O) groups is 1. The molecule has 1 aliphatic rings. The molecular formula is C21H23N3O3S2. The Hall–Kier alpha value is -2.16. The summed E-state index contributed by atoms with van der Waals surface area (Å²) in [4.78, 5) is 31.4. The molecule has 0 saturated heterocycles. The number of carbonyl (C=O) groups excluding carboxylic acids is 1. The Morgan fingerprint density at radius 2 is 2.14 bits per heavy atom. The van der Waals surface area contributed by atoms with Crippen LogP contribution >= 0.6 is 23.1 Å². The molecule has 2 N–H and O–H groups in total. The molecule has 0 saturated carbocycles. The number of primary amides is 1. The maximum absolute atomic E-state index is 13.6. The van der Waals surface area contributed by atoms with Gasteiger partial charge in [0.15, 0.2) is 5.16 Å². The summed E-state index contributed by atoms with van der Waals surface area (Å²) in [6.45, 7) is 5.18. The monoisotopic (exact) mass is 429 g/mol. The van der Waals surface area contributed by atoms with Crippen LogP contribution < -0.4 is 11.3 Å².